The van der Waals surface area contributed by atoms with E-state index >= 15 is 0 Å². The van der Waals surface area contributed by atoms with Gasteiger partial charge in [0.2, 0.25) is 0 Å². The van der Waals surface area contributed by atoms with Crippen molar-refractivity contribution in [3.8, 4) is 11.3 Å². The van der Waals surface area contributed by atoms with Crippen LogP contribution in [0.5, 0.6) is 0 Å². The summed E-state index contributed by atoms with van der Waals surface area (Å²) in [4.78, 5) is 2.41. The molecule has 1 saturated heterocycles. The molecule has 104 valence electrons. The molecule has 0 bridgehead atoms. The average Bonchev–Trinajstić information content (AvgIpc) is 2.47. The van der Waals surface area contributed by atoms with Crippen LogP contribution in [0.2, 0.25) is 0 Å². The van der Waals surface area contributed by atoms with E-state index < -0.39 is 0 Å². The number of hydrogen-bond acceptors (Lipinski definition) is 1. The molecule has 2 aromatic carbocycles. The van der Waals surface area contributed by atoms with E-state index in [-0.39, 0.29) is 0 Å². The zero-order chi connectivity index (χ0) is 14.2. The van der Waals surface area contributed by atoms with Gasteiger partial charge in [0.25, 0.3) is 0 Å². The van der Waals surface area contributed by atoms with Gasteiger partial charge in [0.15, 0.2) is 0 Å². The minimum Gasteiger partial charge on any atom is -0.371 e. The van der Waals surface area contributed by atoms with E-state index in [9.17, 15) is 0 Å². The fourth-order valence-corrected chi connectivity index (χ4v) is 2.85. The minimum atomic E-state index is 0.928. The predicted octanol–water partition coefficient (Wildman–Crippen LogP) is 4.90. The summed E-state index contributed by atoms with van der Waals surface area (Å²) in [5.41, 5.74) is 4.64. The summed E-state index contributed by atoms with van der Waals surface area (Å²) in [7, 11) is 0. The Morgan fingerprint density at radius 2 is 1.76 bits per heavy atom. The van der Waals surface area contributed by atoms with E-state index in [2.05, 4.69) is 48.2 Å². The summed E-state index contributed by atoms with van der Waals surface area (Å²) >= 11 is 0. The van der Waals surface area contributed by atoms with Crippen LogP contribution in [0, 0.1) is 6.92 Å². The molecule has 0 amide bonds. The Morgan fingerprint density at radius 3 is 2.48 bits per heavy atom. The van der Waals surface area contributed by atoms with Gasteiger partial charge in [-0.3, -0.25) is 0 Å². The van der Waals surface area contributed by atoms with Gasteiger partial charge in [0.05, 0.1) is 10.9 Å². The van der Waals surface area contributed by atoms with Gasteiger partial charge in [-0.2, -0.15) is 0 Å². The molecule has 0 spiro atoms. The Labute approximate surface area is 124 Å². The monoisotopic (exact) mass is 276 g/mol. The van der Waals surface area contributed by atoms with Crippen molar-refractivity contribution in [3.63, 3.8) is 0 Å². The average molecular weight is 276 g/mol. The highest BCUT2D eigenvalue weighted by Gasteiger charge is 2.20. The first-order valence-electron chi connectivity index (χ1n) is 7.49. The highest BCUT2D eigenvalue weighted by Crippen LogP contribution is 2.31. The highest BCUT2D eigenvalue weighted by atomic mass is 16.3. The zero-order valence-electron chi connectivity index (χ0n) is 12.2. The molecule has 2 heteroatoms. The molecule has 1 aromatic heterocycles. The van der Waals surface area contributed by atoms with Crippen LogP contribution in [-0.2, 0) is 0 Å². The third-order valence-corrected chi connectivity index (χ3v) is 4.24. The van der Waals surface area contributed by atoms with E-state index in [1.165, 1.54) is 36.1 Å². The van der Waals surface area contributed by atoms with Gasteiger partial charge in [0, 0.05) is 30.9 Å². The molecule has 0 N–H and O–H groups in total. The van der Waals surface area contributed by atoms with E-state index in [1.54, 1.807) is 0 Å². The molecule has 0 radical (unpaired) electrons. The number of anilines is 1. The van der Waals surface area contributed by atoms with Crippen molar-refractivity contribution in [2.75, 3.05) is 18.0 Å². The zero-order valence-corrected chi connectivity index (χ0v) is 12.2. The number of nitrogens with zero attached hydrogens (tertiary/aromatic N) is 1. The molecule has 2 heterocycles. The molecule has 0 unspecified atom stereocenters. The van der Waals surface area contributed by atoms with Crippen molar-refractivity contribution in [2.24, 2.45) is 0 Å². The fourth-order valence-electron chi connectivity index (χ4n) is 2.85. The number of hydrogen-bond donors (Lipinski definition) is 0. The Morgan fingerprint density at radius 1 is 0.952 bits per heavy atom. The van der Waals surface area contributed by atoms with Crippen LogP contribution in [0.15, 0.2) is 59.0 Å². The first-order chi connectivity index (χ1) is 10.3. The molecule has 0 atom stereocenters. The number of fused-ring (bicyclic) bond motifs is 1. The Kier molecular flexibility index (Phi) is 2.88. The molecule has 21 heavy (non-hydrogen) atoms. The van der Waals surface area contributed by atoms with Crippen LogP contribution in [-0.4, -0.2) is 13.1 Å². The second kappa shape index (κ2) is 4.88. The Bertz CT molecular complexity index is 791. The van der Waals surface area contributed by atoms with Gasteiger partial charge in [-0.15, -0.1) is 0 Å². The van der Waals surface area contributed by atoms with Crippen LogP contribution >= 0.6 is 0 Å². The Balaban J connectivity index is 1.83. The van der Waals surface area contributed by atoms with Crippen LogP contribution in [0.4, 0.5) is 5.69 Å². The molecule has 2 nitrogen and oxygen atoms in total. The van der Waals surface area contributed by atoms with Crippen LogP contribution in [0.1, 0.15) is 12.0 Å². The lowest BCUT2D eigenvalue weighted by molar-refractivity contribution is 0.612. The van der Waals surface area contributed by atoms with E-state index in [4.69, 9.17) is 4.42 Å². The predicted molar refractivity (Wildman–Crippen MR) is 87.6 cm³/mol. The molecule has 0 aliphatic carbocycles. The van der Waals surface area contributed by atoms with Gasteiger partial charge >= 0.3 is 11.3 Å². The lowest BCUT2D eigenvalue weighted by Crippen LogP contribution is -2.36. The smallest absolute Gasteiger partial charge is 0.361 e. The number of aryl methyl sites for hydroxylation is 1. The van der Waals surface area contributed by atoms with Crippen LogP contribution < -0.4 is 4.90 Å². The van der Waals surface area contributed by atoms with Crippen molar-refractivity contribution >= 4 is 16.7 Å². The summed E-state index contributed by atoms with van der Waals surface area (Å²) in [6.45, 7) is 4.50. The van der Waals surface area contributed by atoms with Gasteiger partial charge in [0.1, 0.15) is 0 Å². The first-order valence-corrected chi connectivity index (χ1v) is 7.49. The maximum absolute atomic E-state index is 6.10. The van der Waals surface area contributed by atoms with Crippen LogP contribution in [0.3, 0.4) is 0 Å². The van der Waals surface area contributed by atoms with Crippen molar-refractivity contribution < 1.29 is 4.42 Å². The van der Waals surface area contributed by atoms with Crippen molar-refractivity contribution in [1.82, 2.24) is 0 Å². The van der Waals surface area contributed by atoms with E-state index in [0.717, 1.165) is 16.9 Å². The molecular formula is C19H18NO+. The summed E-state index contributed by atoms with van der Waals surface area (Å²) in [5, 5.41) is 1.21. The molecule has 0 saturated carbocycles. The quantitative estimate of drug-likeness (QED) is 0.618. The molecule has 1 fully saturated rings. The van der Waals surface area contributed by atoms with Crippen molar-refractivity contribution in [2.45, 2.75) is 13.3 Å². The number of rotatable bonds is 2. The topological polar surface area (TPSA) is 14.5 Å². The van der Waals surface area contributed by atoms with E-state index in [0.29, 0.717) is 0 Å². The molecule has 1 aliphatic heterocycles. The first kappa shape index (κ1) is 12.4. The maximum Gasteiger partial charge on any atom is 0.361 e. The third-order valence-electron chi connectivity index (χ3n) is 4.24. The summed E-state index contributed by atoms with van der Waals surface area (Å²) in [6, 6.07) is 18.9. The molecule has 3 aromatic rings. The minimum absolute atomic E-state index is 0.928. The maximum atomic E-state index is 6.10. The van der Waals surface area contributed by atoms with Gasteiger partial charge < -0.3 is 4.90 Å². The fraction of sp³-hybridized carbons (Fsp3) is 0.211. The number of benzene rings is 2. The highest BCUT2D eigenvalue weighted by molar-refractivity contribution is 5.86. The van der Waals surface area contributed by atoms with Gasteiger partial charge in [-0.1, -0.05) is 18.2 Å². The SMILES string of the molecule is Cc1cc(-c2ccccc2)[o+]c2ccc(N3CCC3)cc12. The standard InChI is InChI=1S/C19H18NO/c1-14-12-19(15-6-3-2-4-7-15)21-18-9-8-16(13-17(14)18)20-10-5-11-20/h2-4,6-9,12-13H,5,10-11H2,1H3/q+1. The summed E-state index contributed by atoms with van der Waals surface area (Å²) in [5.74, 6) is 0.928. The summed E-state index contributed by atoms with van der Waals surface area (Å²) in [6.07, 6.45) is 1.30. The molecule has 4 rings (SSSR count). The summed E-state index contributed by atoms with van der Waals surface area (Å²) < 4.78 is 6.10. The largest absolute Gasteiger partial charge is 0.371 e. The lowest BCUT2D eigenvalue weighted by Gasteiger charge is -2.33. The second-order valence-corrected chi connectivity index (χ2v) is 5.68. The van der Waals surface area contributed by atoms with E-state index in [1.807, 2.05) is 18.2 Å². The van der Waals surface area contributed by atoms with Gasteiger partial charge in [-0.25, -0.2) is 4.42 Å². The lowest BCUT2D eigenvalue weighted by atomic mass is 10.1. The van der Waals surface area contributed by atoms with Crippen molar-refractivity contribution in [3.05, 3.63) is 60.2 Å². The molecular weight excluding hydrogens is 258 g/mol. The molecule has 1 aliphatic rings. The second-order valence-electron chi connectivity index (χ2n) is 5.68. The van der Waals surface area contributed by atoms with Gasteiger partial charge in [-0.05, 0) is 43.2 Å². The van der Waals surface area contributed by atoms with Crippen LogP contribution in [0.25, 0.3) is 22.3 Å². The third kappa shape index (κ3) is 2.17. The Hall–Kier alpha value is -2.35. The normalized spacial score (nSPS) is 14.2. The van der Waals surface area contributed by atoms with Crippen molar-refractivity contribution in [1.29, 1.82) is 0 Å².